The quantitative estimate of drug-likeness (QED) is 0.869. The number of aryl methyl sites for hydroxylation is 1. The highest BCUT2D eigenvalue weighted by Gasteiger charge is 2.29. The standard InChI is InChI=1S/C17H18N2O3/c20-16-14-8-4-5-9-15(14)18-17-19(16)10-13(22-17)11-21-12-6-2-1-3-7-12/h1-3,6-7,13H,4-5,8-11H2. The van der Waals surface area contributed by atoms with Crippen LogP contribution in [-0.4, -0.2) is 22.3 Å². The lowest BCUT2D eigenvalue weighted by molar-refractivity contribution is 0.143. The van der Waals surface area contributed by atoms with Crippen molar-refractivity contribution in [1.29, 1.82) is 0 Å². The molecule has 0 N–H and O–H groups in total. The fraction of sp³-hybridized carbons (Fsp3) is 0.412. The van der Waals surface area contributed by atoms with Gasteiger partial charge in [-0.25, -0.2) is 4.98 Å². The van der Waals surface area contributed by atoms with Crippen LogP contribution < -0.4 is 15.0 Å². The van der Waals surface area contributed by atoms with Crippen LogP contribution in [-0.2, 0) is 19.4 Å². The summed E-state index contributed by atoms with van der Waals surface area (Å²) in [6, 6.07) is 10.1. The van der Waals surface area contributed by atoms with Gasteiger partial charge < -0.3 is 9.47 Å². The van der Waals surface area contributed by atoms with Crippen molar-refractivity contribution in [3.63, 3.8) is 0 Å². The van der Waals surface area contributed by atoms with Crippen molar-refractivity contribution >= 4 is 0 Å². The van der Waals surface area contributed by atoms with Crippen LogP contribution in [0.1, 0.15) is 24.1 Å². The van der Waals surface area contributed by atoms with E-state index < -0.39 is 0 Å². The van der Waals surface area contributed by atoms with Gasteiger partial charge in [0.1, 0.15) is 12.4 Å². The third kappa shape index (κ3) is 2.36. The number of hydrogen-bond acceptors (Lipinski definition) is 4. The van der Waals surface area contributed by atoms with Gasteiger partial charge in [-0.1, -0.05) is 18.2 Å². The molecule has 0 fully saturated rings. The Balaban J connectivity index is 1.51. The zero-order chi connectivity index (χ0) is 14.9. The Morgan fingerprint density at radius 2 is 2.05 bits per heavy atom. The first-order chi connectivity index (χ1) is 10.8. The summed E-state index contributed by atoms with van der Waals surface area (Å²) in [6.45, 7) is 0.929. The molecule has 0 amide bonds. The molecule has 1 atom stereocenters. The van der Waals surface area contributed by atoms with E-state index in [9.17, 15) is 4.79 Å². The molecule has 1 aliphatic carbocycles. The Kier molecular flexibility index (Phi) is 3.33. The van der Waals surface area contributed by atoms with Crippen molar-refractivity contribution in [3.05, 3.63) is 51.9 Å². The summed E-state index contributed by atoms with van der Waals surface area (Å²) in [4.78, 5) is 17.1. The molecule has 1 aliphatic heterocycles. The summed E-state index contributed by atoms with van der Waals surface area (Å²) in [5.74, 6) is 0.807. The van der Waals surface area contributed by atoms with Gasteiger partial charge in [-0.05, 0) is 37.8 Å². The number of nitrogens with zero attached hydrogens (tertiary/aromatic N) is 2. The fourth-order valence-electron chi connectivity index (χ4n) is 3.10. The topological polar surface area (TPSA) is 53.4 Å². The molecule has 114 valence electrons. The number of benzene rings is 1. The highest BCUT2D eigenvalue weighted by molar-refractivity contribution is 5.25. The van der Waals surface area contributed by atoms with Crippen molar-refractivity contribution in [3.8, 4) is 11.8 Å². The summed E-state index contributed by atoms with van der Waals surface area (Å²) in [7, 11) is 0. The Hall–Kier alpha value is -2.30. The number of aromatic nitrogens is 2. The zero-order valence-electron chi connectivity index (χ0n) is 12.3. The second kappa shape index (κ2) is 5.48. The van der Waals surface area contributed by atoms with E-state index in [-0.39, 0.29) is 11.7 Å². The molecule has 2 aromatic rings. The highest BCUT2D eigenvalue weighted by atomic mass is 16.6. The van der Waals surface area contributed by atoms with Gasteiger partial charge in [0.05, 0.1) is 12.2 Å². The lowest BCUT2D eigenvalue weighted by atomic mass is 9.97. The van der Waals surface area contributed by atoms with Gasteiger partial charge in [-0.2, -0.15) is 0 Å². The molecule has 0 saturated heterocycles. The van der Waals surface area contributed by atoms with E-state index >= 15 is 0 Å². The summed E-state index contributed by atoms with van der Waals surface area (Å²) in [5, 5.41) is 0. The molecule has 2 heterocycles. The summed E-state index contributed by atoms with van der Waals surface area (Å²) in [6.07, 6.45) is 3.73. The number of rotatable bonds is 3. The maximum absolute atomic E-state index is 12.5. The monoisotopic (exact) mass is 298 g/mol. The van der Waals surface area contributed by atoms with Crippen molar-refractivity contribution in [2.24, 2.45) is 0 Å². The molecule has 1 aromatic carbocycles. The van der Waals surface area contributed by atoms with E-state index in [2.05, 4.69) is 4.98 Å². The lowest BCUT2D eigenvalue weighted by Gasteiger charge is -2.14. The molecule has 1 aromatic heterocycles. The minimum atomic E-state index is -0.163. The van der Waals surface area contributed by atoms with E-state index in [4.69, 9.17) is 9.47 Å². The van der Waals surface area contributed by atoms with Gasteiger partial charge in [0.15, 0.2) is 6.10 Å². The Morgan fingerprint density at radius 3 is 2.91 bits per heavy atom. The minimum Gasteiger partial charge on any atom is -0.490 e. The molecule has 1 unspecified atom stereocenters. The van der Waals surface area contributed by atoms with E-state index in [0.29, 0.717) is 19.2 Å². The summed E-state index contributed by atoms with van der Waals surface area (Å²) < 4.78 is 13.2. The van der Waals surface area contributed by atoms with Crippen molar-refractivity contribution in [1.82, 2.24) is 9.55 Å². The Labute approximate surface area is 128 Å². The SMILES string of the molecule is O=c1c2c(nc3n1CC(COc1ccccc1)O3)CCCC2. The molecule has 0 radical (unpaired) electrons. The molecule has 4 rings (SSSR count). The second-order valence-corrected chi connectivity index (χ2v) is 5.81. The van der Waals surface area contributed by atoms with Crippen LogP contribution in [0.2, 0.25) is 0 Å². The first-order valence-corrected chi connectivity index (χ1v) is 7.78. The molecule has 0 spiro atoms. The van der Waals surface area contributed by atoms with Crippen LogP contribution in [0.25, 0.3) is 0 Å². The molecule has 5 nitrogen and oxygen atoms in total. The van der Waals surface area contributed by atoms with Gasteiger partial charge in [0.2, 0.25) is 0 Å². The van der Waals surface area contributed by atoms with E-state index in [1.807, 2.05) is 30.3 Å². The van der Waals surface area contributed by atoms with Crippen molar-refractivity contribution in [2.75, 3.05) is 6.61 Å². The van der Waals surface area contributed by atoms with E-state index in [1.54, 1.807) is 4.57 Å². The van der Waals surface area contributed by atoms with E-state index in [1.165, 1.54) is 0 Å². The van der Waals surface area contributed by atoms with Crippen molar-refractivity contribution in [2.45, 2.75) is 38.3 Å². The van der Waals surface area contributed by atoms with Crippen LogP contribution in [0.5, 0.6) is 11.8 Å². The molecule has 0 saturated carbocycles. The largest absolute Gasteiger partial charge is 0.490 e. The average Bonchev–Trinajstić information content (AvgIpc) is 2.97. The predicted octanol–water partition coefficient (Wildman–Crippen LogP) is 1.96. The maximum Gasteiger partial charge on any atom is 0.300 e. The third-order valence-corrected chi connectivity index (χ3v) is 4.24. The molecule has 22 heavy (non-hydrogen) atoms. The second-order valence-electron chi connectivity index (χ2n) is 5.81. The summed E-state index contributed by atoms with van der Waals surface area (Å²) in [5.41, 5.74) is 1.87. The van der Waals surface area contributed by atoms with Crippen LogP contribution in [0.3, 0.4) is 0 Å². The predicted molar refractivity (Wildman–Crippen MR) is 81.5 cm³/mol. The van der Waals surface area contributed by atoms with Crippen LogP contribution in [0.15, 0.2) is 35.1 Å². The lowest BCUT2D eigenvalue weighted by Crippen LogP contribution is -2.28. The summed E-state index contributed by atoms with van der Waals surface area (Å²) >= 11 is 0. The molecule has 2 aliphatic rings. The number of para-hydroxylation sites is 1. The average molecular weight is 298 g/mol. The molecule has 0 bridgehead atoms. The highest BCUT2D eigenvalue weighted by Crippen LogP contribution is 2.23. The first kappa shape index (κ1) is 13.4. The molecular formula is C17H18N2O3. The van der Waals surface area contributed by atoms with Crippen LogP contribution in [0, 0.1) is 0 Å². The third-order valence-electron chi connectivity index (χ3n) is 4.24. The molecule has 5 heteroatoms. The Bertz CT molecular complexity index is 740. The molecular weight excluding hydrogens is 280 g/mol. The van der Waals surface area contributed by atoms with Gasteiger partial charge in [0, 0.05) is 5.56 Å². The van der Waals surface area contributed by atoms with Gasteiger partial charge >= 0.3 is 0 Å². The normalized spacial score (nSPS) is 19.2. The van der Waals surface area contributed by atoms with Gasteiger partial charge in [0.25, 0.3) is 11.6 Å². The van der Waals surface area contributed by atoms with Gasteiger partial charge in [-0.15, -0.1) is 0 Å². The zero-order valence-corrected chi connectivity index (χ0v) is 12.3. The first-order valence-electron chi connectivity index (χ1n) is 7.78. The Morgan fingerprint density at radius 1 is 1.23 bits per heavy atom. The van der Waals surface area contributed by atoms with Gasteiger partial charge in [-0.3, -0.25) is 9.36 Å². The maximum atomic E-state index is 12.5. The number of hydrogen-bond donors (Lipinski definition) is 0. The minimum absolute atomic E-state index is 0.0712. The fourth-order valence-corrected chi connectivity index (χ4v) is 3.10. The smallest absolute Gasteiger partial charge is 0.300 e. The van der Waals surface area contributed by atoms with Crippen LogP contribution in [0.4, 0.5) is 0 Å². The van der Waals surface area contributed by atoms with Crippen LogP contribution >= 0.6 is 0 Å². The van der Waals surface area contributed by atoms with E-state index in [0.717, 1.165) is 42.7 Å². The van der Waals surface area contributed by atoms with Crippen molar-refractivity contribution < 1.29 is 9.47 Å². The number of fused-ring (bicyclic) bond motifs is 2. The number of ether oxygens (including phenoxy) is 2.